The van der Waals surface area contributed by atoms with Gasteiger partial charge in [0.15, 0.2) is 0 Å². The zero-order valence-electron chi connectivity index (χ0n) is 8.72. The van der Waals surface area contributed by atoms with E-state index in [1.807, 2.05) is 12.1 Å². The Labute approximate surface area is 79.7 Å². The van der Waals surface area contributed by atoms with Crippen molar-refractivity contribution >= 4 is 5.69 Å². The average molecular weight is 179 g/mol. The van der Waals surface area contributed by atoms with Crippen LogP contribution in [0.3, 0.4) is 0 Å². The normalized spacial score (nSPS) is 10.5. The van der Waals surface area contributed by atoms with Crippen molar-refractivity contribution in [2.75, 3.05) is 12.8 Å². The van der Waals surface area contributed by atoms with Crippen LogP contribution < -0.4 is 10.5 Å². The fourth-order valence-electron chi connectivity index (χ4n) is 1.52. The summed E-state index contributed by atoms with van der Waals surface area (Å²) >= 11 is 0. The van der Waals surface area contributed by atoms with Crippen molar-refractivity contribution < 1.29 is 4.74 Å². The van der Waals surface area contributed by atoms with E-state index < -0.39 is 0 Å². The van der Waals surface area contributed by atoms with E-state index in [0.717, 1.165) is 5.75 Å². The van der Waals surface area contributed by atoms with Gasteiger partial charge in [0, 0.05) is 0 Å². The van der Waals surface area contributed by atoms with Crippen molar-refractivity contribution in [2.24, 2.45) is 0 Å². The van der Waals surface area contributed by atoms with Gasteiger partial charge in [0.1, 0.15) is 5.75 Å². The van der Waals surface area contributed by atoms with Crippen LogP contribution in [0.5, 0.6) is 5.75 Å². The smallest absolute Gasteiger partial charge is 0.142 e. The molecule has 0 aliphatic heterocycles. The number of rotatable bonds is 2. The number of ether oxygens (including phenoxy) is 1. The van der Waals surface area contributed by atoms with Crippen molar-refractivity contribution in [1.29, 1.82) is 0 Å². The number of hydrogen-bond donors (Lipinski definition) is 1. The zero-order valence-corrected chi connectivity index (χ0v) is 8.72. The monoisotopic (exact) mass is 179 g/mol. The summed E-state index contributed by atoms with van der Waals surface area (Å²) in [6, 6.07) is 3.99. The topological polar surface area (TPSA) is 35.2 Å². The molecule has 0 radical (unpaired) electrons. The average Bonchev–Trinajstić information content (AvgIpc) is 2.03. The van der Waals surface area contributed by atoms with Crippen molar-refractivity contribution in [3.05, 3.63) is 23.3 Å². The van der Waals surface area contributed by atoms with Crippen LogP contribution in [0.4, 0.5) is 5.69 Å². The Morgan fingerprint density at radius 1 is 1.31 bits per heavy atom. The highest BCUT2D eigenvalue weighted by molar-refractivity contribution is 5.57. The number of nitrogen functional groups attached to an aromatic ring is 1. The van der Waals surface area contributed by atoms with E-state index in [-0.39, 0.29) is 0 Å². The maximum atomic E-state index is 5.78. The van der Waals surface area contributed by atoms with Crippen molar-refractivity contribution in [2.45, 2.75) is 26.7 Å². The van der Waals surface area contributed by atoms with Gasteiger partial charge in [-0.1, -0.05) is 13.8 Å². The summed E-state index contributed by atoms with van der Waals surface area (Å²) in [7, 11) is 1.64. The first-order valence-electron chi connectivity index (χ1n) is 4.50. The second kappa shape index (κ2) is 3.69. The van der Waals surface area contributed by atoms with Gasteiger partial charge in [0.2, 0.25) is 0 Å². The molecule has 0 fully saturated rings. The second-order valence-corrected chi connectivity index (χ2v) is 3.61. The molecule has 0 aliphatic carbocycles. The van der Waals surface area contributed by atoms with E-state index in [0.29, 0.717) is 11.6 Å². The SMILES string of the molecule is COc1cc(C(C)C)c(C)cc1N. The first-order chi connectivity index (χ1) is 6.06. The third-order valence-electron chi connectivity index (χ3n) is 2.24. The van der Waals surface area contributed by atoms with Gasteiger partial charge in [-0.25, -0.2) is 0 Å². The van der Waals surface area contributed by atoms with Crippen molar-refractivity contribution in [3.63, 3.8) is 0 Å². The van der Waals surface area contributed by atoms with Gasteiger partial charge in [-0.2, -0.15) is 0 Å². The van der Waals surface area contributed by atoms with Crippen LogP contribution in [0.1, 0.15) is 30.9 Å². The fraction of sp³-hybridized carbons (Fsp3) is 0.455. The third-order valence-corrected chi connectivity index (χ3v) is 2.24. The van der Waals surface area contributed by atoms with E-state index in [1.54, 1.807) is 7.11 Å². The largest absolute Gasteiger partial charge is 0.495 e. The lowest BCUT2D eigenvalue weighted by molar-refractivity contribution is 0.416. The Balaban J connectivity index is 3.22. The maximum Gasteiger partial charge on any atom is 0.142 e. The van der Waals surface area contributed by atoms with Crippen LogP contribution in [0.15, 0.2) is 12.1 Å². The Kier molecular flexibility index (Phi) is 2.81. The van der Waals surface area contributed by atoms with Gasteiger partial charge < -0.3 is 10.5 Å². The summed E-state index contributed by atoms with van der Waals surface area (Å²) in [5.74, 6) is 1.28. The molecule has 0 spiro atoms. The minimum Gasteiger partial charge on any atom is -0.495 e. The van der Waals surface area contributed by atoms with E-state index >= 15 is 0 Å². The molecule has 0 unspecified atom stereocenters. The highest BCUT2D eigenvalue weighted by Gasteiger charge is 2.07. The molecular weight excluding hydrogens is 162 g/mol. The molecule has 0 atom stereocenters. The van der Waals surface area contributed by atoms with Crippen LogP contribution in [0.2, 0.25) is 0 Å². The second-order valence-electron chi connectivity index (χ2n) is 3.61. The van der Waals surface area contributed by atoms with Crippen LogP contribution in [-0.4, -0.2) is 7.11 Å². The number of methoxy groups -OCH3 is 1. The number of hydrogen-bond acceptors (Lipinski definition) is 2. The van der Waals surface area contributed by atoms with E-state index in [2.05, 4.69) is 20.8 Å². The fourth-order valence-corrected chi connectivity index (χ4v) is 1.52. The lowest BCUT2D eigenvalue weighted by Gasteiger charge is -2.13. The molecule has 0 aliphatic rings. The molecule has 0 saturated carbocycles. The summed E-state index contributed by atoms with van der Waals surface area (Å²) < 4.78 is 5.17. The summed E-state index contributed by atoms with van der Waals surface area (Å²) in [4.78, 5) is 0. The highest BCUT2D eigenvalue weighted by Crippen LogP contribution is 2.29. The van der Waals surface area contributed by atoms with Crippen molar-refractivity contribution in [3.8, 4) is 5.75 Å². The molecule has 0 bridgehead atoms. The molecular formula is C11H17NO. The number of nitrogens with two attached hydrogens (primary N) is 1. The molecule has 13 heavy (non-hydrogen) atoms. The molecule has 0 amide bonds. The van der Waals surface area contributed by atoms with Crippen molar-refractivity contribution in [1.82, 2.24) is 0 Å². The quantitative estimate of drug-likeness (QED) is 0.708. The zero-order chi connectivity index (χ0) is 10.0. The van der Waals surface area contributed by atoms with Crippen LogP contribution in [-0.2, 0) is 0 Å². The predicted molar refractivity (Wildman–Crippen MR) is 56.2 cm³/mol. The Hall–Kier alpha value is -1.18. The van der Waals surface area contributed by atoms with Gasteiger partial charge in [-0.05, 0) is 36.1 Å². The van der Waals surface area contributed by atoms with E-state index in [1.165, 1.54) is 11.1 Å². The summed E-state index contributed by atoms with van der Waals surface area (Å²) in [5, 5.41) is 0. The predicted octanol–water partition coefficient (Wildman–Crippen LogP) is 2.71. The Bertz CT molecular complexity index is 305. The summed E-state index contributed by atoms with van der Waals surface area (Å²) in [6.07, 6.45) is 0. The molecule has 1 aromatic rings. The molecule has 72 valence electrons. The Morgan fingerprint density at radius 2 is 1.92 bits per heavy atom. The third kappa shape index (κ3) is 1.94. The lowest BCUT2D eigenvalue weighted by atomic mass is 9.97. The lowest BCUT2D eigenvalue weighted by Crippen LogP contribution is -1.98. The molecule has 0 aromatic heterocycles. The Morgan fingerprint density at radius 3 is 2.38 bits per heavy atom. The molecule has 2 nitrogen and oxygen atoms in total. The van der Waals surface area contributed by atoms with E-state index in [9.17, 15) is 0 Å². The van der Waals surface area contributed by atoms with Crippen LogP contribution in [0.25, 0.3) is 0 Å². The number of benzene rings is 1. The standard InChI is InChI=1S/C11H17NO/c1-7(2)9-6-11(13-4)10(12)5-8(9)3/h5-7H,12H2,1-4H3. The minimum atomic E-state index is 0.509. The van der Waals surface area contributed by atoms with Crippen LogP contribution in [0, 0.1) is 6.92 Å². The first-order valence-corrected chi connectivity index (χ1v) is 4.50. The van der Waals surface area contributed by atoms with Gasteiger partial charge in [0.25, 0.3) is 0 Å². The first kappa shape index (κ1) is 9.90. The van der Waals surface area contributed by atoms with Gasteiger partial charge >= 0.3 is 0 Å². The number of aryl methyl sites for hydroxylation is 1. The molecule has 2 N–H and O–H groups in total. The van der Waals surface area contributed by atoms with Crippen LogP contribution >= 0.6 is 0 Å². The molecule has 1 aromatic carbocycles. The maximum absolute atomic E-state index is 5.78. The summed E-state index contributed by atoms with van der Waals surface area (Å²) in [5.41, 5.74) is 9.02. The van der Waals surface area contributed by atoms with Gasteiger partial charge in [0.05, 0.1) is 12.8 Å². The van der Waals surface area contributed by atoms with Gasteiger partial charge in [-0.15, -0.1) is 0 Å². The minimum absolute atomic E-state index is 0.509. The molecule has 2 heteroatoms. The highest BCUT2D eigenvalue weighted by atomic mass is 16.5. The van der Waals surface area contributed by atoms with E-state index in [4.69, 9.17) is 10.5 Å². The van der Waals surface area contributed by atoms with Gasteiger partial charge in [-0.3, -0.25) is 0 Å². The molecule has 0 heterocycles. The summed E-state index contributed by atoms with van der Waals surface area (Å²) in [6.45, 7) is 6.40. The number of anilines is 1. The molecule has 0 saturated heterocycles. The molecule has 1 rings (SSSR count).